The Morgan fingerprint density at radius 1 is 0.333 bits per heavy atom. The van der Waals surface area contributed by atoms with Crippen molar-refractivity contribution < 1.29 is 28.6 Å². The molecule has 60 heavy (non-hydrogen) atoms. The fourth-order valence-corrected chi connectivity index (χ4v) is 7.15. The fraction of sp³-hybridized carbons (Fsp3) is 0.796. The molecule has 0 bridgehead atoms. The first-order valence-electron chi connectivity index (χ1n) is 25.6. The van der Waals surface area contributed by atoms with Gasteiger partial charge in [0.25, 0.3) is 0 Å². The summed E-state index contributed by atoms with van der Waals surface area (Å²) < 4.78 is 16.8. The summed E-state index contributed by atoms with van der Waals surface area (Å²) in [6.45, 7) is 6.58. The van der Waals surface area contributed by atoms with Crippen molar-refractivity contribution in [2.75, 3.05) is 13.2 Å². The van der Waals surface area contributed by atoms with Gasteiger partial charge in [-0.1, -0.05) is 204 Å². The number of esters is 3. The van der Waals surface area contributed by atoms with E-state index in [-0.39, 0.29) is 31.1 Å². The molecule has 0 aliphatic heterocycles. The van der Waals surface area contributed by atoms with Crippen molar-refractivity contribution in [3.8, 4) is 0 Å². The molecule has 0 rings (SSSR count). The highest BCUT2D eigenvalue weighted by atomic mass is 16.6. The molecule has 0 radical (unpaired) electrons. The molecule has 0 aromatic heterocycles. The van der Waals surface area contributed by atoms with Crippen LogP contribution in [0.1, 0.15) is 258 Å². The van der Waals surface area contributed by atoms with Crippen LogP contribution in [0.15, 0.2) is 48.6 Å². The second-order valence-electron chi connectivity index (χ2n) is 17.1. The maximum atomic E-state index is 12.8. The highest BCUT2D eigenvalue weighted by Crippen LogP contribution is 2.14. The minimum absolute atomic E-state index is 0.0817. The predicted octanol–water partition coefficient (Wildman–Crippen LogP) is 16.7. The van der Waals surface area contributed by atoms with E-state index in [9.17, 15) is 14.4 Å². The van der Waals surface area contributed by atoms with E-state index in [2.05, 4.69) is 69.4 Å². The zero-order valence-corrected chi connectivity index (χ0v) is 39.7. The number of rotatable bonds is 46. The molecular weight excluding hydrogens is 745 g/mol. The average molecular weight is 841 g/mol. The van der Waals surface area contributed by atoms with Gasteiger partial charge in [0.2, 0.25) is 0 Å². The number of allylic oxidation sites excluding steroid dienone is 8. The van der Waals surface area contributed by atoms with Gasteiger partial charge in [-0.25, -0.2) is 0 Å². The largest absolute Gasteiger partial charge is 0.462 e. The average Bonchev–Trinajstić information content (AvgIpc) is 3.24. The van der Waals surface area contributed by atoms with Crippen LogP contribution >= 0.6 is 0 Å². The van der Waals surface area contributed by atoms with E-state index < -0.39 is 6.10 Å². The van der Waals surface area contributed by atoms with Crippen LogP contribution in [-0.2, 0) is 28.6 Å². The minimum Gasteiger partial charge on any atom is -0.462 e. The van der Waals surface area contributed by atoms with E-state index in [0.717, 1.165) is 103 Å². The molecule has 0 saturated carbocycles. The molecule has 0 aliphatic rings. The Bertz CT molecular complexity index is 1060. The number of ether oxygens (including phenoxy) is 3. The van der Waals surface area contributed by atoms with Crippen LogP contribution in [0, 0.1) is 0 Å². The van der Waals surface area contributed by atoms with Crippen molar-refractivity contribution in [3.05, 3.63) is 48.6 Å². The molecule has 6 nitrogen and oxygen atoms in total. The first kappa shape index (κ1) is 57.4. The summed E-state index contributed by atoms with van der Waals surface area (Å²) in [4.78, 5) is 37.9. The molecule has 1 unspecified atom stereocenters. The Morgan fingerprint density at radius 2 is 0.600 bits per heavy atom. The molecule has 0 N–H and O–H groups in total. The maximum Gasteiger partial charge on any atom is 0.306 e. The molecule has 348 valence electrons. The Hall–Kier alpha value is -2.63. The van der Waals surface area contributed by atoms with Crippen LogP contribution in [0.3, 0.4) is 0 Å². The lowest BCUT2D eigenvalue weighted by molar-refractivity contribution is -0.167. The van der Waals surface area contributed by atoms with Crippen molar-refractivity contribution in [2.24, 2.45) is 0 Å². The molecule has 0 aromatic rings. The van der Waals surface area contributed by atoms with Gasteiger partial charge in [0.1, 0.15) is 13.2 Å². The molecule has 0 aromatic carbocycles. The van der Waals surface area contributed by atoms with Crippen LogP contribution in [0.4, 0.5) is 0 Å². The molecule has 6 heteroatoms. The summed E-state index contributed by atoms with van der Waals surface area (Å²) in [5.41, 5.74) is 0. The number of carbonyl (C=O) groups excluding carboxylic acids is 3. The van der Waals surface area contributed by atoms with Crippen molar-refractivity contribution in [1.29, 1.82) is 0 Å². The molecule has 0 saturated heterocycles. The van der Waals surface area contributed by atoms with Crippen molar-refractivity contribution in [1.82, 2.24) is 0 Å². The summed E-state index contributed by atoms with van der Waals surface area (Å²) in [5, 5.41) is 0. The first-order valence-corrected chi connectivity index (χ1v) is 25.6. The lowest BCUT2D eigenvalue weighted by Crippen LogP contribution is -2.30. The zero-order chi connectivity index (χ0) is 43.7. The van der Waals surface area contributed by atoms with Gasteiger partial charge < -0.3 is 14.2 Å². The summed E-state index contributed by atoms with van der Waals surface area (Å²) in [6, 6.07) is 0. The minimum atomic E-state index is -0.782. The Kier molecular flexibility index (Phi) is 46.9. The highest BCUT2D eigenvalue weighted by molar-refractivity contribution is 5.71. The van der Waals surface area contributed by atoms with E-state index in [1.54, 1.807) is 0 Å². The lowest BCUT2D eigenvalue weighted by Gasteiger charge is -2.18. The van der Waals surface area contributed by atoms with Gasteiger partial charge in [0.05, 0.1) is 0 Å². The van der Waals surface area contributed by atoms with Gasteiger partial charge in [-0.3, -0.25) is 14.4 Å². The third-order valence-corrected chi connectivity index (χ3v) is 11.1. The second kappa shape index (κ2) is 49.0. The van der Waals surface area contributed by atoms with Crippen LogP contribution in [0.2, 0.25) is 0 Å². The molecule has 0 aliphatic carbocycles. The first-order chi connectivity index (χ1) is 29.5. The van der Waals surface area contributed by atoms with Crippen LogP contribution < -0.4 is 0 Å². The SMILES string of the molecule is CCCCCC/C=C\C/C=C\CCCCCCCC(=O)OCC(COC(=O)CCCCCCCCCCCC)OC(=O)CCCCCCC/C=C\C/C=C\CCCCCC. The molecular formula is C54H96O6. The van der Waals surface area contributed by atoms with E-state index in [0.29, 0.717) is 19.3 Å². The molecule has 0 spiro atoms. The summed E-state index contributed by atoms with van der Waals surface area (Å²) >= 11 is 0. The number of hydrogen-bond donors (Lipinski definition) is 0. The Labute approximate surface area is 371 Å². The Balaban J connectivity index is 4.39. The maximum absolute atomic E-state index is 12.8. The van der Waals surface area contributed by atoms with Crippen LogP contribution in [0.5, 0.6) is 0 Å². The molecule has 0 amide bonds. The van der Waals surface area contributed by atoms with E-state index in [4.69, 9.17) is 14.2 Å². The summed E-state index contributed by atoms with van der Waals surface area (Å²) in [7, 11) is 0. The van der Waals surface area contributed by atoms with Gasteiger partial charge in [-0.2, -0.15) is 0 Å². The third kappa shape index (κ3) is 46.4. The number of carbonyl (C=O) groups is 3. The Morgan fingerprint density at radius 3 is 0.933 bits per heavy atom. The van der Waals surface area contributed by atoms with Crippen molar-refractivity contribution in [3.63, 3.8) is 0 Å². The van der Waals surface area contributed by atoms with E-state index in [1.807, 2.05) is 0 Å². The van der Waals surface area contributed by atoms with Crippen molar-refractivity contribution >= 4 is 17.9 Å². The van der Waals surface area contributed by atoms with Gasteiger partial charge in [-0.05, 0) is 83.5 Å². The fourth-order valence-electron chi connectivity index (χ4n) is 7.15. The standard InChI is InChI=1S/C54H96O6/c1-4-7-10-13-16-19-22-24-26-28-30-32-35-38-41-44-47-53(56)59-50-51(49-58-52(55)46-43-40-37-34-21-18-15-12-9-6-3)60-54(57)48-45-42-39-36-33-31-29-27-25-23-20-17-14-11-8-5-2/h19-20,22-23,26-29,51H,4-18,21,24-25,30-50H2,1-3H3/b22-19-,23-20-,28-26-,29-27-. The van der Waals surface area contributed by atoms with Gasteiger partial charge >= 0.3 is 17.9 Å². The number of hydrogen-bond acceptors (Lipinski definition) is 6. The number of unbranched alkanes of at least 4 members (excludes halogenated alkanes) is 27. The summed E-state index contributed by atoms with van der Waals surface area (Å²) in [6.07, 6.45) is 58.0. The quantitative estimate of drug-likeness (QED) is 0.0263. The molecule has 1 atom stereocenters. The van der Waals surface area contributed by atoms with Gasteiger partial charge in [-0.15, -0.1) is 0 Å². The van der Waals surface area contributed by atoms with E-state index >= 15 is 0 Å². The predicted molar refractivity (Wildman–Crippen MR) is 256 cm³/mol. The second-order valence-corrected chi connectivity index (χ2v) is 17.1. The zero-order valence-electron chi connectivity index (χ0n) is 39.7. The summed E-state index contributed by atoms with van der Waals surface area (Å²) in [5.74, 6) is -0.906. The van der Waals surface area contributed by atoms with E-state index in [1.165, 1.54) is 116 Å². The van der Waals surface area contributed by atoms with Gasteiger partial charge in [0.15, 0.2) is 6.10 Å². The molecule has 0 heterocycles. The normalized spacial score (nSPS) is 12.4. The van der Waals surface area contributed by atoms with Crippen LogP contribution in [-0.4, -0.2) is 37.2 Å². The highest BCUT2D eigenvalue weighted by Gasteiger charge is 2.19. The monoisotopic (exact) mass is 841 g/mol. The lowest BCUT2D eigenvalue weighted by atomic mass is 10.1. The smallest absolute Gasteiger partial charge is 0.306 e. The van der Waals surface area contributed by atoms with Gasteiger partial charge in [0, 0.05) is 19.3 Å². The third-order valence-electron chi connectivity index (χ3n) is 11.1. The van der Waals surface area contributed by atoms with Crippen molar-refractivity contribution in [2.45, 2.75) is 264 Å². The topological polar surface area (TPSA) is 78.9 Å². The van der Waals surface area contributed by atoms with Crippen LogP contribution in [0.25, 0.3) is 0 Å². The molecule has 0 fully saturated rings.